The van der Waals surface area contributed by atoms with Gasteiger partial charge in [-0.1, -0.05) is 12.0 Å². The molecule has 0 radical (unpaired) electrons. The summed E-state index contributed by atoms with van der Waals surface area (Å²) in [5.41, 5.74) is 13.7. The van der Waals surface area contributed by atoms with E-state index in [0.29, 0.717) is 24.5 Å². The fourth-order valence-corrected chi connectivity index (χ4v) is 5.83. The molecule has 0 saturated carbocycles. The Balaban J connectivity index is 1.61. The van der Waals surface area contributed by atoms with Gasteiger partial charge >= 0.3 is 0 Å². The molecule has 1 aliphatic heterocycles. The second-order valence-electron chi connectivity index (χ2n) is 9.69. The van der Waals surface area contributed by atoms with Gasteiger partial charge in [0.25, 0.3) is 0 Å². The van der Waals surface area contributed by atoms with Crippen molar-refractivity contribution in [3.8, 4) is 29.7 Å². The molecule has 5 rings (SSSR count). The predicted octanol–water partition coefficient (Wildman–Crippen LogP) is 3.91. The minimum Gasteiger partial charge on any atom is -0.383 e. The Kier molecular flexibility index (Phi) is 5.97. The number of amides is 1. The lowest BCUT2D eigenvalue weighted by molar-refractivity contribution is -0.135. The number of likely N-dealkylation sites (tertiary alicyclic amines) is 1. The van der Waals surface area contributed by atoms with E-state index in [1.807, 2.05) is 27.0 Å². The number of anilines is 1. The molecule has 0 aromatic carbocycles. The molecule has 1 amide bonds. The van der Waals surface area contributed by atoms with E-state index in [1.165, 1.54) is 6.33 Å². The first-order valence-electron chi connectivity index (χ1n) is 12.3. The van der Waals surface area contributed by atoms with E-state index in [4.69, 9.17) is 12.2 Å². The number of nitrogens with two attached hydrogens (primary N) is 1. The predicted molar refractivity (Wildman–Crippen MR) is 139 cm³/mol. The van der Waals surface area contributed by atoms with Crippen LogP contribution < -0.4 is 5.73 Å². The number of pyridine rings is 1. The van der Waals surface area contributed by atoms with Crippen molar-refractivity contribution in [2.45, 2.75) is 52.0 Å². The van der Waals surface area contributed by atoms with Gasteiger partial charge in [-0.15, -0.1) is 6.42 Å². The highest BCUT2D eigenvalue weighted by Crippen LogP contribution is 2.44. The summed E-state index contributed by atoms with van der Waals surface area (Å²) in [6, 6.07) is 3.91. The lowest BCUT2D eigenvalue weighted by Crippen LogP contribution is -2.39. The van der Waals surface area contributed by atoms with E-state index in [1.54, 1.807) is 4.90 Å². The lowest BCUT2D eigenvalue weighted by Gasteiger charge is -2.28. The molecule has 2 aliphatic rings. The quantitative estimate of drug-likeness (QED) is 0.570. The van der Waals surface area contributed by atoms with Crippen molar-refractivity contribution in [3.05, 3.63) is 41.0 Å². The maximum atomic E-state index is 13.2. The molecule has 36 heavy (non-hydrogen) atoms. The van der Waals surface area contributed by atoms with Gasteiger partial charge in [-0.05, 0) is 63.2 Å². The maximum Gasteiger partial charge on any atom is 0.227 e. The largest absolute Gasteiger partial charge is 0.383 e. The summed E-state index contributed by atoms with van der Waals surface area (Å²) >= 11 is 0. The number of carbonyl (C=O) groups is 1. The molecular weight excluding hydrogens is 450 g/mol. The normalized spacial score (nSPS) is 19.7. The van der Waals surface area contributed by atoms with E-state index in [9.17, 15) is 10.1 Å². The van der Waals surface area contributed by atoms with Crippen LogP contribution in [0.25, 0.3) is 27.9 Å². The zero-order chi connectivity index (χ0) is 25.6. The topological polar surface area (TPSA) is 114 Å². The number of aryl methyl sites for hydroxylation is 3. The molecular formula is C28H29N7O. The third-order valence-corrected chi connectivity index (χ3v) is 7.54. The van der Waals surface area contributed by atoms with E-state index >= 15 is 0 Å². The molecule has 2 atom stereocenters. The first-order valence-corrected chi connectivity index (χ1v) is 12.3. The van der Waals surface area contributed by atoms with Crippen LogP contribution in [-0.4, -0.2) is 42.9 Å². The van der Waals surface area contributed by atoms with Crippen LogP contribution in [0.3, 0.4) is 0 Å². The minimum absolute atomic E-state index is 0.0936. The van der Waals surface area contributed by atoms with E-state index in [-0.39, 0.29) is 17.9 Å². The number of carbonyl (C=O) groups excluding carboxylic acids is 1. The number of nitrogens with zero attached hydrogens (tertiary/aromatic N) is 6. The summed E-state index contributed by atoms with van der Waals surface area (Å²) in [5.74, 6) is 3.04. The molecule has 0 unspecified atom stereocenters. The third kappa shape index (κ3) is 3.70. The van der Waals surface area contributed by atoms with Crippen LogP contribution in [0.2, 0.25) is 0 Å². The first-order chi connectivity index (χ1) is 17.3. The van der Waals surface area contributed by atoms with Crippen molar-refractivity contribution >= 4 is 28.3 Å². The average molecular weight is 480 g/mol. The molecule has 1 aliphatic carbocycles. The molecule has 1 saturated heterocycles. The second-order valence-corrected chi connectivity index (χ2v) is 9.69. The van der Waals surface area contributed by atoms with E-state index in [2.05, 4.69) is 37.6 Å². The van der Waals surface area contributed by atoms with Crippen molar-refractivity contribution in [1.82, 2.24) is 24.4 Å². The number of fused-ring (bicyclic) bond motifs is 1. The number of terminal acetylenes is 1. The van der Waals surface area contributed by atoms with Crippen LogP contribution in [0.5, 0.6) is 0 Å². The number of hydrogen-bond acceptors (Lipinski definition) is 6. The van der Waals surface area contributed by atoms with Crippen molar-refractivity contribution in [1.29, 1.82) is 5.26 Å². The molecule has 182 valence electrons. The van der Waals surface area contributed by atoms with Crippen LogP contribution in [-0.2, 0) is 11.8 Å². The van der Waals surface area contributed by atoms with Crippen molar-refractivity contribution < 1.29 is 4.79 Å². The summed E-state index contributed by atoms with van der Waals surface area (Å²) in [4.78, 5) is 28.4. The Labute approximate surface area is 210 Å². The van der Waals surface area contributed by atoms with Crippen molar-refractivity contribution in [3.63, 3.8) is 0 Å². The van der Waals surface area contributed by atoms with Crippen molar-refractivity contribution in [2.75, 3.05) is 12.3 Å². The smallest absolute Gasteiger partial charge is 0.227 e. The van der Waals surface area contributed by atoms with Gasteiger partial charge in [0.2, 0.25) is 5.91 Å². The van der Waals surface area contributed by atoms with Gasteiger partial charge in [0, 0.05) is 36.3 Å². The van der Waals surface area contributed by atoms with Gasteiger partial charge in [0.15, 0.2) is 0 Å². The van der Waals surface area contributed by atoms with Gasteiger partial charge in [0.05, 0.1) is 17.1 Å². The zero-order valence-electron chi connectivity index (χ0n) is 20.9. The van der Waals surface area contributed by atoms with Gasteiger partial charge in [0.1, 0.15) is 29.5 Å². The monoisotopic (exact) mass is 479 g/mol. The molecule has 3 aromatic rings. The number of allylic oxidation sites excluding steroid dienone is 2. The van der Waals surface area contributed by atoms with Crippen LogP contribution in [0, 0.1) is 43.4 Å². The minimum atomic E-state index is -0.297. The Morgan fingerprint density at radius 3 is 2.72 bits per heavy atom. The molecule has 1 fully saturated rings. The molecule has 0 spiro atoms. The average Bonchev–Trinajstić information content (AvgIpc) is 3.47. The highest BCUT2D eigenvalue weighted by molar-refractivity contribution is 6.05. The summed E-state index contributed by atoms with van der Waals surface area (Å²) in [6.07, 6.45) is 13.0. The molecule has 2 N–H and O–H groups in total. The summed E-state index contributed by atoms with van der Waals surface area (Å²) < 4.78 is 2.05. The molecule has 8 nitrogen and oxygen atoms in total. The summed E-state index contributed by atoms with van der Waals surface area (Å²) in [5, 5.41) is 10.2. The number of aromatic nitrogens is 4. The lowest BCUT2D eigenvalue weighted by atomic mass is 9.83. The van der Waals surface area contributed by atoms with Gasteiger partial charge < -0.3 is 15.2 Å². The second kappa shape index (κ2) is 9.13. The first kappa shape index (κ1) is 23.6. The van der Waals surface area contributed by atoms with Crippen LogP contribution in [0.15, 0.2) is 18.5 Å². The third-order valence-electron chi connectivity index (χ3n) is 7.54. The standard InChI is InChI=1S/C28H29N7O/c1-5-20-13-16(2)22(17(3)33-20)25-23(24-26(30)31-15-32-27(24)34(25)4)18-8-10-19(11-9-18)28(36)35-12-6-7-21(35)14-29/h1,8,13,15,19,21H,6-7,9-12H2,2-4H3,(H2,30,31,32)/t19-,21+/m1/s1. The fourth-order valence-electron chi connectivity index (χ4n) is 5.83. The highest BCUT2D eigenvalue weighted by Gasteiger charge is 2.35. The number of nitrogen functional groups attached to an aromatic ring is 1. The Bertz CT molecular complexity index is 1480. The summed E-state index contributed by atoms with van der Waals surface area (Å²) in [6.45, 7) is 4.67. The molecule has 3 aromatic heterocycles. The Morgan fingerprint density at radius 1 is 1.25 bits per heavy atom. The van der Waals surface area contributed by atoms with Gasteiger partial charge in [-0.3, -0.25) is 4.79 Å². The SMILES string of the molecule is C#Cc1cc(C)c(-c2c(C3=CC[C@@H](C(=O)N4CCC[C@H]4C#N)CC3)c3c(N)ncnc3n2C)c(C)n1. The number of rotatable bonds is 3. The van der Waals surface area contributed by atoms with Gasteiger partial charge in [-0.25, -0.2) is 15.0 Å². The van der Waals surface area contributed by atoms with E-state index < -0.39 is 0 Å². The molecule has 0 bridgehead atoms. The van der Waals surface area contributed by atoms with Gasteiger partial charge in [-0.2, -0.15) is 5.26 Å². The fraction of sp³-hybridized carbons (Fsp3) is 0.393. The van der Waals surface area contributed by atoms with Crippen LogP contribution >= 0.6 is 0 Å². The molecule has 4 heterocycles. The summed E-state index contributed by atoms with van der Waals surface area (Å²) in [7, 11) is 1.98. The van der Waals surface area contributed by atoms with Crippen molar-refractivity contribution in [2.24, 2.45) is 13.0 Å². The Morgan fingerprint density at radius 2 is 2.06 bits per heavy atom. The van der Waals surface area contributed by atoms with E-state index in [0.717, 1.165) is 70.4 Å². The maximum absolute atomic E-state index is 13.2. The van der Waals surface area contributed by atoms with Crippen LogP contribution in [0.1, 0.15) is 54.6 Å². The Hall–Kier alpha value is -4.17. The molecule has 8 heteroatoms. The highest BCUT2D eigenvalue weighted by atomic mass is 16.2. The van der Waals surface area contributed by atoms with Crippen LogP contribution in [0.4, 0.5) is 5.82 Å². The number of nitriles is 1. The zero-order valence-corrected chi connectivity index (χ0v) is 20.9. The number of hydrogen-bond donors (Lipinski definition) is 1.